The molecule has 0 spiro atoms. The number of aliphatic carboxylic acids is 1. The molecule has 2 aromatic carbocycles. The van der Waals surface area contributed by atoms with Crippen LogP contribution in [0.5, 0.6) is 0 Å². The first kappa shape index (κ1) is 20.5. The highest BCUT2D eigenvalue weighted by Gasteiger charge is 2.25. The van der Waals surface area contributed by atoms with Gasteiger partial charge < -0.3 is 10.4 Å². The normalized spacial score (nSPS) is 12.4. The summed E-state index contributed by atoms with van der Waals surface area (Å²) in [7, 11) is -3.83. The molecule has 1 aromatic heterocycles. The van der Waals surface area contributed by atoms with Crippen molar-refractivity contribution in [1.29, 1.82) is 0 Å². The molecule has 29 heavy (non-hydrogen) atoms. The molecule has 0 amide bonds. The second kappa shape index (κ2) is 8.85. The Hall–Kier alpha value is -3.23. The highest BCUT2D eigenvalue weighted by molar-refractivity contribution is 7.90. The number of rotatable bonds is 9. The average molecular weight is 412 g/mol. The Morgan fingerprint density at radius 2 is 1.59 bits per heavy atom. The maximum absolute atomic E-state index is 12.8. The van der Waals surface area contributed by atoms with Gasteiger partial charge in [-0.3, -0.25) is 9.59 Å². The van der Waals surface area contributed by atoms with Crippen LogP contribution in [-0.2, 0) is 21.4 Å². The van der Waals surface area contributed by atoms with Crippen molar-refractivity contribution in [3.05, 3.63) is 90.3 Å². The largest absolute Gasteiger partial charge is 0.481 e. The van der Waals surface area contributed by atoms with Gasteiger partial charge in [-0.15, -0.1) is 0 Å². The van der Waals surface area contributed by atoms with Crippen molar-refractivity contribution in [1.82, 2.24) is 9.29 Å². The zero-order valence-electron chi connectivity index (χ0n) is 15.4. The molecule has 0 aliphatic heterocycles. The van der Waals surface area contributed by atoms with Crippen LogP contribution in [0.2, 0.25) is 0 Å². The minimum atomic E-state index is -3.83. The van der Waals surface area contributed by atoms with E-state index in [1.165, 1.54) is 30.6 Å². The number of hydrogen-bond donors (Lipinski definition) is 2. The summed E-state index contributed by atoms with van der Waals surface area (Å²) in [6.45, 7) is 0.313. The van der Waals surface area contributed by atoms with Crippen LogP contribution in [0, 0.1) is 0 Å². The molecule has 150 valence electrons. The third-order valence-electron chi connectivity index (χ3n) is 4.36. The average Bonchev–Trinajstić information content (AvgIpc) is 3.23. The fraction of sp³-hybridized carbons (Fsp3) is 0.143. The Labute approximate surface area is 168 Å². The van der Waals surface area contributed by atoms with Gasteiger partial charge in [0.05, 0.1) is 17.4 Å². The van der Waals surface area contributed by atoms with E-state index in [9.17, 15) is 18.0 Å². The Kier molecular flexibility index (Phi) is 6.26. The molecule has 7 nitrogen and oxygen atoms in total. The Morgan fingerprint density at radius 1 is 0.966 bits per heavy atom. The third-order valence-corrected chi connectivity index (χ3v) is 6.01. The summed E-state index contributed by atoms with van der Waals surface area (Å²) in [5.74, 6) is -1.61. The molecule has 0 aliphatic rings. The number of nitrogens with zero attached hydrogens (tertiary/aromatic N) is 1. The van der Waals surface area contributed by atoms with Gasteiger partial charge in [0, 0.05) is 24.5 Å². The van der Waals surface area contributed by atoms with E-state index < -0.39 is 34.2 Å². The lowest BCUT2D eigenvalue weighted by Gasteiger charge is -2.15. The Bertz CT molecular complexity index is 1090. The molecule has 8 heteroatoms. The minimum absolute atomic E-state index is 0.0962. The maximum Gasteiger partial charge on any atom is 0.305 e. The topological polar surface area (TPSA) is 105 Å². The molecule has 1 atom stereocenters. The quantitative estimate of drug-likeness (QED) is 0.523. The number of nitrogens with one attached hydrogen (secondary N) is 1. The second-order valence-electron chi connectivity index (χ2n) is 6.43. The number of Topliss-reactive ketones (excluding diaryl/α,β-unsaturated/α-hetero) is 1. The number of carbonyl (C=O) groups excluding carboxylic acids is 1. The molecule has 0 saturated carbocycles. The fourth-order valence-electron chi connectivity index (χ4n) is 2.86. The summed E-state index contributed by atoms with van der Waals surface area (Å²) < 4.78 is 26.3. The summed E-state index contributed by atoms with van der Waals surface area (Å²) in [6.07, 6.45) is 2.08. The van der Waals surface area contributed by atoms with Gasteiger partial charge in [0.1, 0.15) is 0 Å². The summed E-state index contributed by atoms with van der Waals surface area (Å²) in [4.78, 5) is 24.2. The number of ketones is 1. The number of carboxylic acids is 1. The van der Waals surface area contributed by atoms with E-state index in [2.05, 4.69) is 5.32 Å². The van der Waals surface area contributed by atoms with Crippen molar-refractivity contribution in [3.63, 3.8) is 0 Å². The lowest BCUT2D eigenvalue weighted by Crippen LogP contribution is -2.38. The molecule has 0 aliphatic carbocycles. The van der Waals surface area contributed by atoms with Gasteiger partial charge in [0.15, 0.2) is 5.78 Å². The van der Waals surface area contributed by atoms with Crippen molar-refractivity contribution in [2.24, 2.45) is 0 Å². The molecule has 0 saturated heterocycles. The van der Waals surface area contributed by atoms with Gasteiger partial charge in [0.2, 0.25) is 0 Å². The summed E-state index contributed by atoms with van der Waals surface area (Å²) in [6, 6.07) is 17.5. The molecule has 2 N–H and O–H groups in total. The zero-order valence-corrected chi connectivity index (χ0v) is 16.2. The van der Waals surface area contributed by atoms with Crippen molar-refractivity contribution >= 4 is 21.8 Å². The number of benzene rings is 2. The van der Waals surface area contributed by atoms with Crippen LogP contribution in [0.3, 0.4) is 0 Å². The smallest absolute Gasteiger partial charge is 0.305 e. The van der Waals surface area contributed by atoms with Crippen LogP contribution in [0.1, 0.15) is 22.3 Å². The molecule has 1 heterocycles. The van der Waals surface area contributed by atoms with Crippen molar-refractivity contribution in [3.8, 4) is 0 Å². The van der Waals surface area contributed by atoms with E-state index in [4.69, 9.17) is 5.11 Å². The molecule has 0 unspecified atom stereocenters. The predicted octanol–water partition coefficient (Wildman–Crippen LogP) is 2.54. The van der Waals surface area contributed by atoms with Gasteiger partial charge in [-0.25, -0.2) is 12.4 Å². The van der Waals surface area contributed by atoms with Gasteiger partial charge in [-0.05, 0) is 23.8 Å². The van der Waals surface area contributed by atoms with Gasteiger partial charge in [-0.1, -0.05) is 48.5 Å². The number of carbonyl (C=O) groups is 2. The van der Waals surface area contributed by atoms with Crippen LogP contribution < -0.4 is 5.32 Å². The molecule has 0 fully saturated rings. The van der Waals surface area contributed by atoms with Crippen LogP contribution in [0.25, 0.3) is 0 Å². The van der Waals surface area contributed by atoms with Crippen LogP contribution in [0.15, 0.2) is 84.0 Å². The molecule has 0 radical (unpaired) electrons. The number of aromatic nitrogens is 1. The molecular weight excluding hydrogens is 392 g/mol. The monoisotopic (exact) mass is 412 g/mol. The molecule has 3 aromatic rings. The lowest BCUT2D eigenvalue weighted by atomic mass is 10.0. The van der Waals surface area contributed by atoms with E-state index >= 15 is 0 Å². The zero-order chi connectivity index (χ0) is 20.9. The van der Waals surface area contributed by atoms with E-state index in [-0.39, 0.29) is 10.5 Å². The van der Waals surface area contributed by atoms with E-state index in [1.807, 2.05) is 30.3 Å². The summed E-state index contributed by atoms with van der Waals surface area (Å²) >= 11 is 0. The van der Waals surface area contributed by atoms with Gasteiger partial charge in [0.25, 0.3) is 10.0 Å². The first-order valence-electron chi connectivity index (χ1n) is 8.90. The number of hydrogen-bond acceptors (Lipinski definition) is 5. The fourth-order valence-corrected chi connectivity index (χ4v) is 4.07. The molecule has 3 rings (SSSR count). The van der Waals surface area contributed by atoms with Crippen molar-refractivity contribution in [2.45, 2.75) is 23.9 Å². The summed E-state index contributed by atoms with van der Waals surface area (Å²) in [5, 5.41) is 12.1. The van der Waals surface area contributed by atoms with Crippen molar-refractivity contribution in [2.75, 3.05) is 0 Å². The molecular formula is C21H20N2O5S. The first-order valence-corrected chi connectivity index (χ1v) is 10.3. The van der Waals surface area contributed by atoms with E-state index in [1.54, 1.807) is 18.2 Å². The van der Waals surface area contributed by atoms with Crippen molar-refractivity contribution < 1.29 is 23.1 Å². The predicted molar refractivity (Wildman–Crippen MR) is 107 cm³/mol. The lowest BCUT2D eigenvalue weighted by molar-refractivity contribution is -0.137. The van der Waals surface area contributed by atoms with Crippen LogP contribution in [0.4, 0.5) is 0 Å². The van der Waals surface area contributed by atoms with Crippen LogP contribution >= 0.6 is 0 Å². The number of carboxylic acid groups (broad SMARTS) is 1. The summed E-state index contributed by atoms with van der Waals surface area (Å²) in [5.41, 5.74) is 1.02. The van der Waals surface area contributed by atoms with Crippen LogP contribution in [-0.4, -0.2) is 35.3 Å². The van der Waals surface area contributed by atoms with Gasteiger partial charge in [-0.2, -0.15) is 0 Å². The standard InChI is InChI=1S/C21H20N2O5S/c24-20(25)13-19(22-14-16-7-3-1-4-8-16)21(26)17-11-12-23(15-17)29(27,28)18-9-5-2-6-10-18/h1-12,15,19,22H,13-14H2,(H,24,25)/t19-/m1/s1. The highest BCUT2D eigenvalue weighted by atomic mass is 32.2. The minimum Gasteiger partial charge on any atom is -0.481 e. The maximum atomic E-state index is 12.8. The highest BCUT2D eigenvalue weighted by Crippen LogP contribution is 2.16. The van der Waals surface area contributed by atoms with E-state index in [0.717, 1.165) is 9.54 Å². The second-order valence-corrected chi connectivity index (χ2v) is 8.27. The van der Waals surface area contributed by atoms with E-state index in [0.29, 0.717) is 6.54 Å². The van der Waals surface area contributed by atoms with Gasteiger partial charge >= 0.3 is 5.97 Å². The Balaban J connectivity index is 1.80. The Morgan fingerprint density at radius 3 is 2.21 bits per heavy atom. The first-order chi connectivity index (χ1) is 13.9. The molecule has 0 bridgehead atoms. The third kappa shape index (κ3) is 4.98. The SMILES string of the molecule is O=C(O)C[C@@H](NCc1ccccc1)C(=O)c1ccn(S(=O)(=O)c2ccccc2)c1.